The van der Waals surface area contributed by atoms with E-state index in [4.69, 9.17) is 9.47 Å². The summed E-state index contributed by atoms with van der Waals surface area (Å²) in [6.07, 6.45) is 2.81. The Hall–Kier alpha value is -2.04. The van der Waals surface area contributed by atoms with Gasteiger partial charge in [0.05, 0.1) is 0 Å². The van der Waals surface area contributed by atoms with E-state index in [1.54, 1.807) is 24.4 Å². The number of benzene rings is 1. The number of fused-ring (bicyclic) bond motifs is 1. The Labute approximate surface area is 119 Å². The van der Waals surface area contributed by atoms with Crippen LogP contribution < -0.4 is 14.9 Å². The van der Waals surface area contributed by atoms with Gasteiger partial charge in [-0.05, 0) is 36.5 Å². The number of carbonyl (C=O) groups is 1. The molecule has 5 nitrogen and oxygen atoms in total. The van der Waals surface area contributed by atoms with Gasteiger partial charge in [0.15, 0.2) is 11.5 Å². The number of hydrogen-bond acceptors (Lipinski definition) is 4. The molecule has 0 unspecified atom stereocenters. The number of nitrogens with zero attached hydrogens (tertiary/aromatic N) is 1. The van der Waals surface area contributed by atoms with Gasteiger partial charge in [-0.2, -0.15) is 5.10 Å². The lowest BCUT2D eigenvalue weighted by Crippen LogP contribution is -2.18. The van der Waals surface area contributed by atoms with Crippen LogP contribution in [0.2, 0.25) is 0 Å². The molecule has 1 aliphatic rings. The van der Waals surface area contributed by atoms with Gasteiger partial charge in [-0.25, -0.2) is 5.43 Å². The molecule has 1 heterocycles. The quantitative estimate of drug-likeness (QED) is 0.664. The van der Waals surface area contributed by atoms with Gasteiger partial charge in [0.1, 0.15) is 0 Å². The van der Waals surface area contributed by atoms with E-state index in [2.05, 4.69) is 31.3 Å². The molecule has 5 heteroatoms. The van der Waals surface area contributed by atoms with Crippen LogP contribution in [0.25, 0.3) is 0 Å². The highest BCUT2D eigenvalue weighted by molar-refractivity contribution is 5.95. The minimum Gasteiger partial charge on any atom is -0.454 e. The van der Waals surface area contributed by atoms with Crippen LogP contribution in [-0.4, -0.2) is 18.9 Å². The zero-order valence-corrected chi connectivity index (χ0v) is 12.1. The third-order valence-electron chi connectivity index (χ3n) is 2.97. The second-order valence-electron chi connectivity index (χ2n) is 5.39. The summed E-state index contributed by atoms with van der Waals surface area (Å²) in [6.45, 7) is 6.60. The van der Waals surface area contributed by atoms with Crippen molar-refractivity contribution < 1.29 is 14.3 Å². The third kappa shape index (κ3) is 3.73. The average molecular weight is 276 g/mol. The second kappa shape index (κ2) is 6.41. The summed E-state index contributed by atoms with van der Waals surface area (Å²) >= 11 is 0. The van der Waals surface area contributed by atoms with Crippen LogP contribution in [0, 0.1) is 11.8 Å². The molecule has 0 bridgehead atoms. The standard InChI is InChI=1S/C15H20N2O3/c1-10(2)6-11(3)8-16-17-15(18)12-4-5-13-14(7-12)20-9-19-13/h4-5,7-8,10-11H,6,9H2,1-3H3,(H,17,18)/b16-8-/t11-/m0/s1. The number of hydrogen-bond donors (Lipinski definition) is 1. The first-order valence-corrected chi connectivity index (χ1v) is 6.79. The Morgan fingerprint density at radius 3 is 2.85 bits per heavy atom. The maximum Gasteiger partial charge on any atom is 0.271 e. The molecule has 20 heavy (non-hydrogen) atoms. The normalized spacial score (nSPS) is 14.8. The summed E-state index contributed by atoms with van der Waals surface area (Å²) in [5.41, 5.74) is 3.03. The van der Waals surface area contributed by atoms with E-state index in [-0.39, 0.29) is 12.7 Å². The Bertz CT molecular complexity index is 512. The molecule has 0 aliphatic carbocycles. The molecule has 108 valence electrons. The monoisotopic (exact) mass is 276 g/mol. The third-order valence-corrected chi connectivity index (χ3v) is 2.97. The second-order valence-corrected chi connectivity index (χ2v) is 5.39. The van der Waals surface area contributed by atoms with Crippen molar-refractivity contribution in [2.75, 3.05) is 6.79 Å². The lowest BCUT2D eigenvalue weighted by Gasteiger charge is -2.08. The van der Waals surface area contributed by atoms with Crippen LogP contribution in [0.15, 0.2) is 23.3 Å². The molecular formula is C15H20N2O3. The first-order chi connectivity index (χ1) is 9.56. The summed E-state index contributed by atoms with van der Waals surface area (Å²) in [5.74, 6) is 1.95. The Kier molecular flexibility index (Phi) is 4.61. The predicted molar refractivity (Wildman–Crippen MR) is 77.1 cm³/mol. The van der Waals surface area contributed by atoms with Crippen molar-refractivity contribution >= 4 is 12.1 Å². The fourth-order valence-electron chi connectivity index (χ4n) is 2.13. The molecule has 0 radical (unpaired) electrons. The summed E-state index contributed by atoms with van der Waals surface area (Å²) in [5, 5.41) is 4.00. The number of hydrazone groups is 1. The van der Waals surface area contributed by atoms with Gasteiger partial charge in [-0.15, -0.1) is 0 Å². The first-order valence-electron chi connectivity index (χ1n) is 6.79. The first kappa shape index (κ1) is 14.4. The summed E-state index contributed by atoms with van der Waals surface area (Å²) in [6, 6.07) is 5.07. The van der Waals surface area contributed by atoms with Crippen LogP contribution in [0.5, 0.6) is 11.5 Å². The summed E-state index contributed by atoms with van der Waals surface area (Å²) in [7, 11) is 0. The van der Waals surface area contributed by atoms with Crippen molar-refractivity contribution in [3.63, 3.8) is 0 Å². The van der Waals surface area contributed by atoms with E-state index in [1.807, 2.05) is 0 Å². The Balaban J connectivity index is 1.90. The van der Waals surface area contributed by atoms with Crippen molar-refractivity contribution in [3.8, 4) is 11.5 Å². The SMILES string of the molecule is CC(C)C[C@H](C)/C=N\NC(=O)c1ccc2c(c1)OCO2. The molecular weight excluding hydrogens is 256 g/mol. The van der Waals surface area contributed by atoms with Crippen molar-refractivity contribution in [1.82, 2.24) is 5.43 Å². The van der Waals surface area contributed by atoms with E-state index in [0.29, 0.717) is 28.9 Å². The van der Waals surface area contributed by atoms with Crippen LogP contribution in [-0.2, 0) is 0 Å². The molecule has 1 aromatic carbocycles. The zero-order valence-electron chi connectivity index (χ0n) is 12.1. The number of ether oxygens (including phenoxy) is 2. The average Bonchev–Trinajstić information content (AvgIpc) is 2.84. The van der Waals surface area contributed by atoms with Crippen LogP contribution in [0.4, 0.5) is 0 Å². The van der Waals surface area contributed by atoms with Gasteiger partial charge in [0, 0.05) is 11.8 Å². The highest BCUT2D eigenvalue weighted by Crippen LogP contribution is 2.32. The minimum absolute atomic E-state index is 0.200. The van der Waals surface area contributed by atoms with Crippen molar-refractivity contribution in [2.45, 2.75) is 27.2 Å². The molecule has 0 saturated heterocycles. The minimum atomic E-state index is -0.253. The number of nitrogens with one attached hydrogen (secondary N) is 1. The predicted octanol–water partition coefficient (Wildman–Crippen LogP) is 2.81. The van der Waals surface area contributed by atoms with Crippen LogP contribution >= 0.6 is 0 Å². The fourth-order valence-corrected chi connectivity index (χ4v) is 2.13. The van der Waals surface area contributed by atoms with Crippen LogP contribution in [0.1, 0.15) is 37.6 Å². The van der Waals surface area contributed by atoms with E-state index in [1.165, 1.54) is 0 Å². The largest absolute Gasteiger partial charge is 0.454 e. The summed E-state index contributed by atoms with van der Waals surface area (Å²) < 4.78 is 10.4. The zero-order chi connectivity index (χ0) is 14.5. The summed E-state index contributed by atoms with van der Waals surface area (Å²) in [4.78, 5) is 11.9. The maximum atomic E-state index is 11.9. The van der Waals surface area contributed by atoms with E-state index < -0.39 is 0 Å². The lowest BCUT2D eigenvalue weighted by molar-refractivity contribution is 0.0954. The van der Waals surface area contributed by atoms with Gasteiger partial charge >= 0.3 is 0 Å². The smallest absolute Gasteiger partial charge is 0.271 e. The molecule has 0 spiro atoms. The van der Waals surface area contributed by atoms with Crippen LogP contribution in [0.3, 0.4) is 0 Å². The van der Waals surface area contributed by atoms with Gasteiger partial charge in [-0.3, -0.25) is 4.79 Å². The molecule has 1 aromatic rings. The van der Waals surface area contributed by atoms with E-state index in [9.17, 15) is 4.79 Å². The molecule has 0 saturated carbocycles. The highest BCUT2D eigenvalue weighted by Gasteiger charge is 2.15. The van der Waals surface area contributed by atoms with Crippen molar-refractivity contribution in [1.29, 1.82) is 0 Å². The molecule has 1 amide bonds. The fraction of sp³-hybridized carbons (Fsp3) is 0.467. The van der Waals surface area contributed by atoms with E-state index in [0.717, 1.165) is 6.42 Å². The number of carbonyl (C=O) groups excluding carboxylic acids is 1. The van der Waals surface area contributed by atoms with Gasteiger partial charge in [0.2, 0.25) is 6.79 Å². The van der Waals surface area contributed by atoms with Gasteiger partial charge < -0.3 is 9.47 Å². The Morgan fingerprint density at radius 1 is 1.35 bits per heavy atom. The molecule has 1 atom stereocenters. The van der Waals surface area contributed by atoms with Crippen molar-refractivity contribution in [3.05, 3.63) is 23.8 Å². The topological polar surface area (TPSA) is 59.9 Å². The van der Waals surface area contributed by atoms with E-state index >= 15 is 0 Å². The molecule has 2 rings (SSSR count). The van der Waals surface area contributed by atoms with Crippen molar-refractivity contribution in [2.24, 2.45) is 16.9 Å². The molecule has 0 aromatic heterocycles. The number of amides is 1. The molecule has 1 N–H and O–H groups in total. The Morgan fingerprint density at radius 2 is 2.10 bits per heavy atom. The highest BCUT2D eigenvalue weighted by atomic mass is 16.7. The maximum absolute atomic E-state index is 11.9. The molecule has 1 aliphatic heterocycles. The van der Waals surface area contributed by atoms with Gasteiger partial charge in [0.25, 0.3) is 5.91 Å². The number of rotatable bonds is 5. The van der Waals surface area contributed by atoms with Gasteiger partial charge in [-0.1, -0.05) is 20.8 Å². The lowest BCUT2D eigenvalue weighted by atomic mass is 10.0. The molecule has 0 fully saturated rings.